The lowest BCUT2D eigenvalue weighted by molar-refractivity contribution is 0.0758. The van der Waals surface area contributed by atoms with Crippen molar-refractivity contribution in [2.45, 2.75) is 13.3 Å². The molecule has 0 bridgehead atoms. The van der Waals surface area contributed by atoms with Gasteiger partial charge in [-0.1, -0.05) is 17.7 Å². The number of fused-ring (bicyclic) bond motifs is 1. The first-order valence-corrected chi connectivity index (χ1v) is 5.84. The highest BCUT2D eigenvalue weighted by atomic mass is 16.5. The third-order valence-corrected chi connectivity index (χ3v) is 2.83. The lowest BCUT2D eigenvalue weighted by atomic mass is 10.1. The van der Waals surface area contributed by atoms with Crippen molar-refractivity contribution in [3.8, 4) is 5.75 Å². The summed E-state index contributed by atoms with van der Waals surface area (Å²) >= 11 is 0. The largest absolute Gasteiger partial charge is 0.491 e. The number of carbonyl (C=O) groups excluding carboxylic acids is 1. The molecule has 1 aromatic rings. The fourth-order valence-electron chi connectivity index (χ4n) is 1.85. The number of rotatable bonds is 3. The van der Waals surface area contributed by atoms with Gasteiger partial charge in [0, 0.05) is 6.54 Å². The van der Waals surface area contributed by atoms with Gasteiger partial charge in [-0.15, -0.1) is 6.58 Å². The van der Waals surface area contributed by atoms with Crippen molar-refractivity contribution >= 4 is 5.91 Å². The van der Waals surface area contributed by atoms with E-state index in [-0.39, 0.29) is 5.91 Å². The van der Waals surface area contributed by atoms with E-state index in [1.165, 1.54) is 0 Å². The maximum Gasteiger partial charge on any atom is 0.257 e. The smallest absolute Gasteiger partial charge is 0.257 e. The van der Waals surface area contributed by atoms with Gasteiger partial charge in [0.1, 0.15) is 12.4 Å². The zero-order chi connectivity index (χ0) is 12.3. The molecule has 0 atom stereocenters. The molecule has 90 valence electrons. The maximum absolute atomic E-state index is 12.3. The van der Waals surface area contributed by atoms with Gasteiger partial charge in [-0.3, -0.25) is 4.79 Å². The van der Waals surface area contributed by atoms with Crippen LogP contribution in [-0.2, 0) is 0 Å². The fourth-order valence-corrected chi connectivity index (χ4v) is 1.85. The minimum Gasteiger partial charge on any atom is -0.491 e. The summed E-state index contributed by atoms with van der Waals surface area (Å²) in [7, 11) is 0. The Balaban J connectivity index is 2.17. The second kappa shape index (κ2) is 5.04. The molecule has 1 aliphatic heterocycles. The average Bonchev–Trinajstić information content (AvgIpc) is 2.47. The van der Waals surface area contributed by atoms with Crippen LogP contribution in [0.1, 0.15) is 23.7 Å². The summed E-state index contributed by atoms with van der Waals surface area (Å²) in [5.74, 6) is 0.745. The molecule has 0 fully saturated rings. The van der Waals surface area contributed by atoms with Crippen molar-refractivity contribution in [3.05, 3.63) is 42.0 Å². The molecule has 1 heterocycles. The minimum atomic E-state index is 0.0550. The number of hydrogen-bond donors (Lipinski definition) is 0. The zero-order valence-electron chi connectivity index (χ0n) is 10.1. The highest BCUT2D eigenvalue weighted by Gasteiger charge is 2.22. The molecule has 0 saturated heterocycles. The molecule has 0 aromatic heterocycles. The minimum absolute atomic E-state index is 0.0550. The average molecular weight is 231 g/mol. The van der Waals surface area contributed by atoms with Crippen molar-refractivity contribution in [3.63, 3.8) is 0 Å². The van der Waals surface area contributed by atoms with Gasteiger partial charge >= 0.3 is 0 Å². The second-order valence-electron chi connectivity index (χ2n) is 4.34. The molecule has 3 nitrogen and oxygen atoms in total. The van der Waals surface area contributed by atoms with Gasteiger partial charge in [0.15, 0.2) is 0 Å². The van der Waals surface area contributed by atoms with E-state index in [4.69, 9.17) is 4.74 Å². The SMILES string of the molecule is C=C(C)CCN1CCOc2ccccc2C1=O. The molecule has 0 saturated carbocycles. The van der Waals surface area contributed by atoms with E-state index < -0.39 is 0 Å². The van der Waals surface area contributed by atoms with E-state index >= 15 is 0 Å². The summed E-state index contributed by atoms with van der Waals surface area (Å²) in [5.41, 5.74) is 1.75. The number of benzene rings is 1. The van der Waals surface area contributed by atoms with Crippen LogP contribution < -0.4 is 4.74 Å². The number of ether oxygens (including phenoxy) is 1. The van der Waals surface area contributed by atoms with Crippen molar-refractivity contribution in [2.24, 2.45) is 0 Å². The Bertz CT molecular complexity index is 440. The maximum atomic E-state index is 12.3. The van der Waals surface area contributed by atoms with Gasteiger partial charge in [0.05, 0.1) is 12.1 Å². The van der Waals surface area contributed by atoms with Gasteiger partial charge in [-0.05, 0) is 25.5 Å². The number of hydrogen-bond acceptors (Lipinski definition) is 2. The van der Waals surface area contributed by atoms with Crippen LogP contribution in [0.2, 0.25) is 0 Å². The molecule has 0 radical (unpaired) electrons. The second-order valence-corrected chi connectivity index (χ2v) is 4.34. The monoisotopic (exact) mass is 231 g/mol. The predicted octanol–water partition coefficient (Wildman–Crippen LogP) is 2.49. The Morgan fingerprint density at radius 1 is 1.47 bits per heavy atom. The Kier molecular flexibility index (Phi) is 3.47. The van der Waals surface area contributed by atoms with Crippen molar-refractivity contribution in [1.82, 2.24) is 4.90 Å². The van der Waals surface area contributed by atoms with Crippen LogP contribution in [-0.4, -0.2) is 30.5 Å². The summed E-state index contributed by atoms with van der Waals surface area (Å²) in [5, 5.41) is 0. The lowest BCUT2D eigenvalue weighted by Gasteiger charge is -2.19. The van der Waals surface area contributed by atoms with Crippen LogP contribution in [0.5, 0.6) is 5.75 Å². The van der Waals surface area contributed by atoms with Crippen LogP contribution in [0.3, 0.4) is 0 Å². The molecule has 0 unspecified atom stereocenters. The van der Waals surface area contributed by atoms with Crippen LogP contribution >= 0.6 is 0 Å². The summed E-state index contributed by atoms with van der Waals surface area (Å²) < 4.78 is 5.57. The van der Waals surface area contributed by atoms with Crippen molar-refractivity contribution in [2.75, 3.05) is 19.7 Å². The first-order chi connectivity index (χ1) is 8.18. The Morgan fingerprint density at radius 3 is 3.00 bits per heavy atom. The molecule has 2 rings (SSSR count). The quantitative estimate of drug-likeness (QED) is 0.748. The van der Waals surface area contributed by atoms with E-state index in [0.29, 0.717) is 31.0 Å². The van der Waals surface area contributed by atoms with E-state index in [2.05, 4.69) is 6.58 Å². The first-order valence-electron chi connectivity index (χ1n) is 5.84. The zero-order valence-corrected chi connectivity index (χ0v) is 10.1. The van der Waals surface area contributed by atoms with Crippen molar-refractivity contribution in [1.29, 1.82) is 0 Å². The highest BCUT2D eigenvalue weighted by molar-refractivity contribution is 5.97. The first kappa shape index (κ1) is 11.7. The van der Waals surface area contributed by atoms with E-state index in [1.807, 2.05) is 36.1 Å². The molecule has 0 aliphatic carbocycles. The van der Waals surface area contributed by atoms with Crippen LogP contribution in [0.15, 0.2) is 36.4 Å². The molecule has 1 amide bonds. The van der Waals surface area contributed by atoms with Gasteiger partial charge in [0.2, 0.25) is 0 Å². The van der Waals surface area contributed by atoms with Gasteiger partial charge in [0.25, 0.3) is 5.91 Å². The summed E-state index contributed by atoms with van der Waals surface area (Å²) in [6.07, 6.45) is 0.841. The van der Waals surface area contributed by atoms with E-state index in [0.717, 1.165) is 12.0 Å². The molecule has 0 spiro atoms. The lowest BCUT2D eigenvalue weighted by Crippen LogP contribution is -2.33. The fraction of sp³-hybridized carbons (Fsp3) is 0.357. The van der Waals surface area contributed by atoms with Gasteiger partial charge < -0.3 is 9.64 Å². The number of para-hydroxylation sites is 1. The molecule has 17 heavy (non-hydrogen) atoms. The molecule has 1 aliphatic rings. The van der Waals surface area contributed by atoms with Crippen LogP contribution in [0.25, 0.3) is 0 Å². The normalized spacial score (nSPS) is 14.9. The van der Waals surface area contributed by atoms with Gasteiger partial charge in [-0.25, -0.2) is 0 Å². The predicted molar refractivity (Wildman–Crippen MR) is 67.3 cm³/mol. The standard InChI is InChI=1S/C14H17NO2/c1-11(2)7-8-15-9-10-17-13-6-4-3-5-12(13)14(15)16/h3-6H,1,7-10H2,2H3. The number of nitrogens with zero attached hydrogens (tertiary/aromatic N) is 1. The molecule has 0 N–H and O–H groups in total. The van der Waals surface area contributed by atoms with Crippen LogP contribution in [0.4, 0.5) is 0 Å². The molecular weight excluding hydrogens is 214 g/mol. The number of amides is 1. The topological polar surface area (TPSA) is 29.5 Å². The third kappa shape index (κ3) is 2.67. The summed E-state index contributed by atoms with van der Waals surface area (Å²) in [6.45, 7) is 7.75. The number of carbonyl (C=O) groups is 1. The molecular formula is C14H17NO2. The molecule has 3 heteroatoms. The van der Waals surface area contributed by atoms with E-state index in [9.17, 15) is 4.79 Å². The summed E-state index contributed by atoms with van der Waals surface area (Å²) in [6, 6.07) is 7.41. The van der Waals surface area contributed by atoms with Gasteiger partial charge in [-0.2, -0.15) is 0 Å². The van der Waals surface area contributed by atoms with E-state index in [1.54, 1.807) is 0 Å². The highest BCUT2D eigenvalue weighted by Crippen LogP contribution is 2.22. The van der Waals surface area contributed by atoms with Crippen LogP contribution in [0, 0.1) is 0 Å². The Hall–Kier alpha value is -1.77. The molecule has 1 aromatic carbocycles. The van der Waals surface area contributed by atoms with Crippen molar-refractivity contribution < 1.29 is 9.53 Å². The Morgan fingerprint density at radius 2 is 2.24 bits per heavy atom. The third-order valence-electron chi connectivity index (χ3n) is 2.83. The summed E-state index contributed by atoms with van der Waals surface area (Å²) in [4.78, 5) is 14.1. The Labute approximate surface area is 102 Å².